The van der Waals surface area contributed by atoms with Gasteiger partial charge in [0.05, 0.1) is 11.4 Å². The Morgan fingerprint density at radius 3 is 2.48 bits per heavy atom. The first-order valence-corrected chi connectivity index (χ1v) is 7.56. The Morgan fingerprint density at radius 1 is 1.33 bits per heavy atom. The van der Waals surface area contributed by atoms with Crippen LogP contribution < -0.4 is 10.6 Å². The molecule has 1 aromatic rings. The maximum atomic E-state index is 12.6. The second kappa shape index (κ2) is 5.58. The van der Waals surface area contributed by atoms with Gasteiger partial charge >= 0.3 is 0 Å². The lowest BCUT2D eigenvalue weighted by Crippen LogP contribution is -2.31. The molecule has 1 saturated heterocycles. The van der Waals surface area contributed by atoms with Crippen LogP contribution in [0.15, 0.2) is 18.2 Å². The molecule has 0 saturated carbocycles. The van der Waals surface area contributed by atoms with Crippen LogP contribution in [0.2, 0.25) is 0 Å². The minimum Gasteiger partial charge on any atom is -0.397 e. The lowest BCUT2D eigenvalue weighted by atomic mass is 9.80. The summed E-state index contributed by atoms with van der Waals surface area (Å²) in [6.07, 6.45) is 1.08. The number of nitrogens with two attached hydrogens (primary N) is 1. The fraction of sp³-hybridized carbons (Fsp3) is 0.588. The standard InChI is InChI=1S/C17H27N3O/c1-17(2,3)13-8-9-20(11-13)16(21)12-6-7-15(19(4)5)14(18)10-12/h6-7,10,13H,8-9,11,18H2,1-5H3. The van der Waals surface area contributed by atoms with E-state index in [2.05, 4.69) is 20.8 Å². The molecular weight excluding hydrogens is 262 g/mol. The Balaban J connectivity index is 2.13. The van der Waals surface area contributed by atoms with E-state index >= 15 is 0 Å². The summed E-state index contributed by atoms with van der Waals surface area (Å²) in [5, 5.41) is 0. The van der Waals surface area contributed by atoms with Crippen LogP contribution in [0.1, 0.15) is 37.6 Å². The number of nitrogen functional groups attached to an aromatic ring is 1. The van der Waals surface area contributed by atoms with E-state index in [1.165, 1.54) is 0 Å². The van der Waals surface area contributed by atoms with E-state index in [1.807, 2.05) is 36.0 Å². The van der Waals surface area contributed by atoms with Crippen LogP contribution in [0.25, 0.3) is 0 Å². The van der Waals surface area contributed by atoms with Crippen LogP contribution in [0, 0.1) is 11.3 Å². The molecule has 21 heavy (non-hydrogen) atoms. The first kappa shape index (κ1) is 15.7. The number of hydrogen-bond acceptors (Lipinski definition) is 3. The highest BCUT2D eigenvalue weighted by molar-refractivity contribution is 5.96. The first-order valence-electron chi connectivity index (χ1n) is 7.56. The molecule has 1 aliphatic rings. The highest BCUT2D eigenvalue weighted by atomic mass is 16.2. The van der Waals surface area contributed by atoms with Gasteiger partial charge in [-0.15, -0.1) is 0 Å². The van der Waals surface area contributed by atoms with Crippen molar-refractivity contribution in [2.24, 2.45) is 11.3 Å². The van der Waals surface area contributed by atoms with Crippen LogP contribution >= 0.6 is 0 Å². The van der Waals surface area contributed by atoms with Gasteiger partial charge in [-0.3, -0.25) is 4.79 Å². The Hall–Kier alpha value is -1.71. The second-order valence-electron chi connectivity index (χ2n) is 7.27. The van der Waals surface area contributed by atoms with Crippen molar-refractivity contribution < 1.29 is 4.79 Å². The van der Waals surface area contributed by atoms with Gasteiger partial charge in [-0.2, -0.15) is 0 Å². The van der Waals surface area contributed by atoms with Gasteiger partial charge in [-0.25, -0.2) is 0 Å². The summed E-state index contributed by atoms with van der Waals surface area (Å²) in [4.78, 5) is 16.5. The average Bonchev–Trinajstić information content (AvgIpc) is 2.86. The van der Waals surface area contributed by atoms with Crippen molar-refractivity contribution in [3.63, 3.8) is 0 Å². The first-order chi connectivity index (χ1) is 9.70. The molecule has 1 fully saturated rings. The molecule has 0 aromatic heterocycles. The molecule has 1 aliphatic heterocycles. The van der Waals surface area contributed by atoms with Crippen molar-refractivity contribution in [1.82, 2.24) is 4.90 Å². The largest absolute Gasteiger partial charge is 0.397 e. The molecule has 1 heterocycles. The number of anilines is 2. The molecule has 1 amide bonds. The Morgan fingerprint density at radius 2 is 2.00 bits per heavy atom. The van der Waals surface area contributed by atoms with Gasteiger partial charge in [0, 0.05) is 32.7 Å². The van der Waals surface area contributed by atoms with Crippen LogP contribution in [0.5, 0.6) is 0 Å². The molecule has 116 valence electrons. The summed E-state index contributed by atoms with van der Waals surface area (Å²) in [6, 6.07) is 5.58. The molecule has 2 N–H and O–H groups in total. The van der Waals surface area contributed by atoms with Gasteiger partial charge in [0.25, 0.3) is 5.91 Å². The summed E-state index contributed by atoms with van der Waals surface area (Å²) in [6.45, 7) is 8.42. The molecule has 1 unspecified atom stereocenters. The Labute approximate surface area is 127 Å². The van der Waals surface area contributed by atoms with Crippen molar-refractivity contribution in [3.05, 3.63) is 23.8 Å². The molecule has 0 radical (unpaired) electrons. The third-order valence-electron chi connectivity index (χ3n) is 4.46. The summed E-state index contributed by atoms with van der Waals surface area (Å²) in [7, 11) is 3.89. The maximum absolute atomic E-state index is 12.6. The summed E-state index contributed by atoms with van der Waals surface area (Å²) in [5.74, 6) is 0.665. The number of nitrogens with zero attached hydrogens (tertiary/aromatic N) is 2. The third-order valence-corrected chi connectivity index (χ3v) is 4.46. The Bertz CT molecular complexity index is 531. The molecule has 2 rings (SSSR count). The zero-order chi connectivity index (χ0) is 15.8. The molecule has 0 aliphatic carbocycles. The van der Waals surface area contributed by atoms with E-state index in [0.717, 1.165) is 25.2 Å². The van der Waals surface area contributed by atoms with E-state index < -0.39 is 0 Å². The Kier molecular flexibility index (Phi) is 4.17. The van der Waals surface area contributed by atoms with Gasteiger partial charge in [0.1, 0.15) is 0 Å². The fourth-order valence-corrected chi connectivity index (χ4v) is 2.93. The van der Waals surface area contributed by atoms with Gasteiger partial charge in [-0.1, -0.05) is 20.8 Å². The number of carbonyl (C=O) groups excluding carboxylic acids is 1. The summed E-state index contributed by atoms with van der Waals surface area (Å²) < 4.78 is 0. The van der Waals surface area contributed by atoms with Crippen LogP contribution in [0.4, 0.5) is 11.4 Å². The number of likely N-dealkylation sites (tertiary alicyclic amines) is 1. The van der Waals surface area contributed by atoms with E-state index in [-0.39, 0.29) is 11.3 Å². The van der Waals surface area contributed by atoms with E-state index in [9.17, 15) is 4.79 Å². The molecule has 1 aromatic carbocycles. The van der Waals surface area contributed by atoms with E-state index in [1.54, 1.807) is 6.07 Å². The van der Waals surface area contributed by atoms with E-state index in [4.69, 9.17) is 5.73 Å². The predicted molar refractivity (Wildman–Crippen MR) is 88.6 cm³/mol. The fourth-order valence-electron chi connectivity index (χ4n) is 2.93. The summed E-state index contributed by atoms with van der Waals surface area (Å²) in [5.41, 5.74) is 8.58. The number of carbonyl (C=O) groups is 1. The molecule has 0 bridgehead atoms. The topological polar surface area (TPSA) is 49.6 Å². The lowest BCUT2D eigenvalue weighted by Gasteiger charge is -2.27. The van der Waals surface area contributed by atoms with Gasteiger partial charge in [-0.05, 0) is 36.0 Å². The predicted octanol–water partition coefficient (Wildman–Crippen LogP) is 2.84. The normalized spacial score (nSPS) is 18.9. The van der Waals surface area contributed by atoms with Gasteiger partial charge in [0.2, 0.25) is 0 Å². The maximum Gasteiger partial charge on any atom is 0.253 e. The quantitative estimate of drug-likeness (QED) is 0.852. The number of benzene rings is 1. The van der Waals surface area contributed by atoms with E-state index in [0.29, 0.717) is 17.2 Å². The van der Waals surface area contributed by atoms with Crippen molar-refractivity contribution in [3.8, 4) is 0 Å². The molecular formula is C17H27N3O. The van der Waals surface area contributed by atoms with Crippen LogP contribution in [-0.4, -0.2) is 38.0 Å². The zero-order valence-corrected chi connectivity index (χ0v) is 13.8. The van der Waals surface area contributed by atoms with Crippen molar-refractivity contribution >= 4 is 17.3 Å². The third kappa shape index (κ3) is 3.31. The number of rotatable bonds is 2. The second-order valence-corrected chi connectivity index (χ2v) is 7.27. The summed E-state index contributed by atoms with van der Waals surface area (Å²) >= 11 is 0. The smallest absolute Gasteiger partial charge is 0.253 e. The minimum atomic E-state index is 0.0961. The molecule has 0 spiro atoms. The van der Waals surface area contributed by atoms with Crippen molar-refractivity contribution in [1.29, 1.82) is 0 Å². The average molecular weight is 289 g/mol. The van der Waals surface area contributed by atoms with Gasteiger partial charge in [0.15, 0.2) is 0 Å². The molecule has 4 heteroatoms. The highest BCUT2D eigenvalue weighted by Crippen LogP contribution is 2.34. The van der Waals surface area contributed by atoms with Gasteiger partial charge < -0.3 is 15.5 Å². The van der Waals surface area contributed by atoms with Crippen molar-refractivity contribution in [2.45, 2.75) is 27.2 Å². The number of hydrogen-bond donors (Lipinski definition) is 1. The SMILES string of the molecule is CN(C)c1ccc(C(=O)N2CCC(C(C)(C)C)C2)cc1N. The van der Waals surface area contributed by atoms with Crippen LogP contribution in [0.3, 0.4) is 0 Å². The minimum absolute atomic E-state index is 0.0961. The molecule has 1 atom stereocenters. The van der Waals surface area contributed by atoms with Crippen molar-refractivity contribution in [2.75, 3.05) is 37.8 Å². The lowest BCUT2D eigenvalue weighted by molar-refractivity contribution is 0.0776. The zero-order valence-electron chi connectivity index (χ0n) is 13.8. The number of amides is 1. The molecule has 4 nitrogen and oxygen atoms in total. The monoisotopic (exact) mass is 289 g/mol. The highest BCUT2D eigenvalue weighted by Gasteiger charge is 2.34. The van der Waals surface area contributed by atoms with Crippen LogP contribution in [-0.2, 0) is 0 Å².